The summed E-state index contributed by atoms with van der Waals surface area (Å²) >= 11 is 3.00. The van der Waals surface area contributed by atoms with Gasteiger partial charge in [-0.05, 0) is 47.0 Å². The molecule has 18 heavy (non-hydrogen) atoms. The van der Waals surface area contributed by atoms with Gasteiger partial charge in [-0.1, -0.05) is 0 Å². The fourth-order valence-corrected chi connectivity index (χ4v) is 2.07. The largest absolute Gasteiger partial charge is 0.480 e. The lowest BCUT2D eigenvalue weighted by Crippen LogP contribution is -2.37. The number of carboxylic acid groups (broad SMARTS) is 1. The van der Waals surface area contributed by atoms with Crippen LogP contribution in [0, 0.1) is 5.82 Å². The molecule has 1 N–H and O–H groups in total. The van der Waals surface area contributed by atoms with Gasteiger partial charge in [-0.2, -0.15) is 0 Å². The number of halogens is 2. The lowest BCUT2D eigenvalue weighted by molar-refractivity contribution is -0.137. The molecule has 0 aromatic heterocycles. The van der Waals surface area contributed by atoms with Gasteiger partial charge in [-0.25, -0.2) is 4.39 Å². The molecule has 0 heterocycles. The lowest BCUT2D eigenvalue weighted by atomic mass is 10.2. The summed E-state index contributed by atoms with van der Waals surface area (Å²) in [7, 11) is 0. The second-order valence-corrected chi connectivity index (χ2v) is 5.04. The lowest BCUT2D eigenvalue weighted by Gasteiger charge is -2.20. The number of hydrogen-bond acceptors (Lipinski definition) is 2. The first-order valence-corrected chi connectivity index (χ1v) is 6.26. The summed E-state index contributed by atoms with van der Waals surface area (Å²) in [5, 5.41) is 8.79. The van der Waals surface area contributed by atoms with E-state index in [0.717, 1.165) is 12.8 Å². The molecule has 0 aliphatic heterocycles. The zero-order chi connectivity index (χ0) is 13.3. The molecule has 0 unspecified atom stereocenters. The van der Waals surface area contributed by atoms with Crippen LogP contribution in [0.1, 0.15) is 23.2 Å². The molecule has 1 aromatic carbocycles. The van der Waals surface area contributed by atoms with Crippen molar-refractivity contribution >= 4 is 27.8 Å². The molecule has 1 saturated carbocycles. The van der Waals surface area contributed by atoms with Crippen LogP contribution in [0.3, 0.4) is 0 Å². The van der Waals surface area contributed by atoms with Gasteiger partial charge in [-0.3, -0.25) is 9.59 Å². The molecule has 2 rings (SSSR count). The Morgan fingerprint density at radius 1 is 1.44 bits per heavy atom. The first kappa shape index (κ1) is 13.0. The number of aliphatic carboxylic acids is 1. The molecule has 6 heteroatoms. The fraction of sp³-hybridized carbons (Fsp3) is 0.333. The number of amides is 1. The Hall–Kier alpha value is -1.43. The SMILES string of the molecule is O=C(O)CN(C(=O)c1ccc(F)c(Br)c1)C1CC1. The quantitative estimate of drug-likeness (QED) is 0.927. The Morgan fingerprint density at radius 3 is 2.61 bits per heavy atom. The maximum atomic E-state index is 13.1. The normalized spacial score (nSPS) is 14.3. The second-order valence-electron chi connectivity index (χ2n) is 4.19. The summed E-state index contributed by atoms with van der Waals surface area (Å²) in [5.74, 6) is -1.88. The minimum absolute atomic E-state index is 0.00238. The number of carboxylic acids is 1. The predicted octanol–water partition coefficient (Wildman–Crippen LogP) is 2.28. The summed E-state index contributed by atoms with van der Waals surface area (Å²) in [6, 6.07) is 3.91. The molecule has 0 bridgehead atoms. The maximum absolute atomic E-state index is 13.1. The number of hydrogen-bond donors (Lipinski definition) is 1. The van der Waals surface area contributed by atoms with Crippen molar-refractivity contribution in [3.63, 3.8) is 0 Å². The number of carbonyl (C=O) groups is 2. The van der Waals surface area contributed by atoms with Crippen LogP contribution in [0.4, 0.5) is 4.39 Å². The average Bonchev–Trinajstić information content (AvgIpc) is 3.12. The Morgan fingerprint density at radius 2 is 2.11 bits per heavy atom. The van der Waals surface area contributed by atoms with E-state index in [9.17, 15) is 14.0 Å². The highest BCUT2D eigenvalue weighted by Crippen LogP contribution is 2.28. The molecule has 1 amide bonds. The summed E-state index contributed by atoms with van der Waals surface area (Å²) in [6.45, 7) is -0.321. The standard InChI is InChI=1S/C12H11BrFNO3/c13-9-5-7(1-4-10(9)14)12(18)15(6-11(16)17)8-2-3-8/h1,4-5,8H,2-3,6H2,(H,16,17). The average molecular weight is 316 g/mol. The van der Waals surface area contributed by atoms with Crippen molar-refractivity contribution in [3.05, 3.63) is 34.1 Å². The van der Waals surface area contributed by atoms with E-state index >= 15 is 0 Å². The highest BCUT2D eigenvalue weighted by atomic mass is 79.9. The summed E-state index contributed by atoms with van der Waals surface area (Å²) < 4.78 is 13.3. The van der Waals surface area contributed by atoms with Crippen molar-refractivity contribution in [1.82, 2.24) is 4.90 Å². The minimum atomic E-state index is -1.04. The third-order valence-corrected chi connectivity index (χ3v) is 3.33. The van der Waals surface area contributed by atoms with Crippen molar-refractivity contribution < 1.29 is 19.1 Å². The van der Waals surface area contributed by atoms with Gasteiger partial charge < -0.3 is 10.0 Å². The predicted molar refractivity (Wildman–Crippen MR) is 65.8 cm³/mol. The highest BCUT2D eigenvalue weighted by Gasteiger charge is 2.34. The van der Waals surface area contributed by atoms with E-state index in [-0.39, 0.29) is 28.5 Å². The van der Waals surface area contributed by atoms with Crippen LogP contribution in [-0.2, 0) is 4.79 Å². The van der Waals surface area contributed by atoms with Crippen LogP contribution in [0.2, 0.25) is 0 Å². The fourth-order valence-electron chi connectivity index (χ4n) is 1.69. The summed E-state index contributed by atoms with van der Waals surface area (Å²) in [6.07, 6.45) is 1.64. The maximum Gasteiger partial charge on any atom is 0.323 e. The Bertz CT molecular complexity index is 502. The van der Waals surface area contributed by atoms with Gasteiger partial charge in [0.25, 0.3) is 5.91 Å². The van der Waals surface area contributed by atoms with Crippen LogP contribution >= 0.6 is 15.9 Å². The van der Waals surface area contributed by atoms with Gasteiger partial charge in [0.2, 0.25) is 0 Å². The summed E-state index contributed by atoms with van der Waals surface area (Å²) in [5.41, 5.74) is 0.288. The molecule has 1 fully saturated rings. The van der Waals surface area contributed by atoms with Crippen LogP contribution in [0.25, 0.3) is 0 Å². The van der Waals surface area contributed by atoms with Gasteiger partial charge in [0.15, 0.2) is 0 Å². The van der Waals surface area contributed by atoms with Crippen LogP contribution in [0.5, 0.6) is 0 Å². The molecular weight excluding hydrogens is 305 g/mol. The third-order valence-electron chi connectivity index (χ3n) is 2.72. The number of rotatable bonds is 4. The topological polar surface area (TPSA) is 57.6 Å². The number of benzene rings is 1. The Kier molecular flexibility index (Phi) is 3.65. The zero-order valence-electron chi connectivity index (χ0n) is 9.40. The van der Waals surface area contributed by atoms with E-state index in [1.165, 1.54) is 23.1 Å². The van der Waals surface area contributed by atoms with E-state index in [1.54, 1.807) is 0 Å². The van der Waals surface area contributed by atoms with Crippen molar-refractivity contribution in [2.75, 3.05) is 6.54 Å². The highest BCUT2D eigenvalue weighted by molar-refractivity contribution is 9.10. The van der Waals surface area contributed by atoms with Gasteiger partial charge >= 0.3 is 5.97 Å². The van der Waals surface area contributed by atoms with E-state index < -0.39 is 11.8 Å². The monoisotopic (exact) mass is 315 g/mol. The molecule has 1 aromatic rings. The molecule has 4 nitrogen and oxygen atoms in total. The minimum Gasteiger partial charge on any atom is -0.480 e. The number of carbonyl (C=O) groups excluding carboxylic acids is 1. The van der Waals surface area contributed by atoms with Crippen molar-refractivity contribution in [2.24, 2.45) is 0 Å². The van der Waals surface area contributed by atoms with Crippen molar-refractivity contribution in [2.45, 2.75) is 18.9 Å². The molecule has 0 spiro atoms. The first-order valence-electron chi connectivity index (χ1n) is 5.47. The van der Waals surface area contributed by atoms with Gasteiger partial charge in [0.1, 0.15) is 12.4 Å². The zero-order valence-corrected chi connectivity index (χ0v) is 11.0. The third kappa shape index (κ3) is 2.87. The van der Waals surface area contributed by atoms with Gasteiger partial charge in [0, 0.05) is 11.6 Å². The van der Waals surface area contributed by atoms with Crippen molar-refractivity contribution in [1.29, 1.82) is 0 Å². The van der Waals surface area contributed by atoms with Gasteiger partial charge in [0.05, 0.1) is 4.47 Å². The van der Waals surface area contributed by atoms with E-state index in [1.807, 2.05) is 0 Å². The van der Waals surface area contributed by atoms with Crippen LogP contribution in [0.15, 0.2) is 22.7 Å². The van der Waals surface area contributed by atoms with E-state index in [0.29, 0.717) is 0 Å². The van der Waals surface area contributed by atoms with Crippen molar-refractivity contribution in [3.8, 4) is 0 Å². The molecule has 1 aliphatic carbocycles. The molecular formula is C12H11BrFNO3. The molecule has 1 aliphatic rings. The van der Waals surface area contributed by atoms with Crippen LogP contribution < -0.4 is 0 Å². The summed E-state index contributed by atoms with van der Waals surface area (Å²) in [4.78, 5) is 24.2. The smallest absolute Gasteiger partial charge is 0.323 e. The molecule has 0 saturated heterocycles. The Labute approximate surface area is 112 Å². The molecule has 96 valence electrons. The van der Waals surface area contributed by atoms with E-state index in [4.69, 9.17) is 5.11 Å². The van der Waals surface area contributed by atoms with E-state index in [2.05, 4.69) is 15.9 Å². The molecule has 0 atom stereocenters. The van der Waals surface area contributed by atoms with Crippen LogP contribution in [-0.4, -0.2) is 34.5 Å². The number of nitrogens with zero attached hydrogens (tertiary/aromatic N) is 1. The Balaban J connectivity index is 2.21. The first-order chi connectivity index (χ1) is 8.49. The molecule has 0 radical (unpaired) electrons. The second kappa shape index (κ2) is 5.06. The van der Waals surface area contributed by atoms with Gasteiger partial charge in [-0.15, -0.1) is 0 Å².